The van der Waals surface area contributed by atoms with E-state index in [4.69, 9.17) is 44.0 Å². The number of aliphatic carboxylic acids is 1. The molecule has 450 valence electrons. The summed E-state index contributed by atoms with van der Waals surface area (Å²) in [6.07, 6.45) is 16.9. The van der Waals surface area contributed by atoms with E-state index in [9.17, 15) is 19.5 Å². The molecule has 0 radical (unpaired) electrons. The first-order chi connectivity index (χ1) is 36.7. The summed E-state index contributed by atoms with van der Waals surface area (Å²) in [6.45, 7) is 12.9. The Hall–Kier alpha value is -1.03. The van der Waals surface area contributed by atoms with Gasteiger partial charge in [-0.2, -0.15) is 0 Å². The first-order valence-electron chi connectivity index (χ1n) is 27.6. The van der Waals surface area contributed by atoms with Gasteiger partial charge in [-0.3, -0.25) is 24.2 Å². The van der Waals surface area contributed by atoms with Gasteiger partial charge in [0.1, 0.15) is 19.3 Å². The molecular formula is C54H98Cl2N4O12P6. The van der Waals surface area contributed by atoms with E-state index in [-0.39, 0.29) is 75.1 Å². The molecule has 2 aromatic rings. The average Bonchev–Trinajstić information content (AvgIpc) is 4.07. The highest BCUT2D eigenvalue weighted by molar-refractivity contribution is 8.92. The van der Waals surface area contributed by atoms with Crippen LogP contribution < -0.4 is 30.0 Å². The third-order valence-corrected chi connectivity index (χ3v) is 34.9. The Morgan fingerprint density at radius 2 is 1.14 bits per heavy atom. The molecule has 16 nitrogen and oxygen atoms in total. The molecule has 78 heavy (non-hydrogen) atoms. The number of ether oxygens (including phenoxy) is 7. The molecule has 0 aromatic heterocycles. The number of methoxy groups -OCH3 is 2. The number of likely N-dealkylation sites (tertiary alicyclic amines) is 2. The van der Waals surface area contributed by atoms with Crippen LogP contribution in [-0.2, 0) is 41.4 Å². The lowest BCUT2D eigenvalue weighted by Gasteiger charge is -2.37. The molecule has 4 aliphatic rings. The Labute approximate surface area is 491 Å². The van der Waals surface area contributed by atoms with Crippen molar-refractivity contribution in [3.05, 3.63) is 47.5 Å². The summed E-state index contributed by atoms with van der Waals surface area (Å²) < 4.78 is 40.8. The third kappa shape index (κ3) is 30.0. The van der Waals surface area contributed by atoms with E-state index < -0.39 is 5.97 Å². The highest BCUT2D eigenvalue weighted by Gasteiger charge is 2.37. The normalized spacial score (nSPS) is 21.0. The number of hydrogen-bond donors (Lipinski definition) is 4. The zero-order valence-corrected chi connectivity index (χ0v) is 55.2. The van der Waals surface area contributed by atoms with Crippen molar-refractivity contribution in [3.8, 4) is 23.0 Å². The molecule has 24 heteroatoms. The number of carboxylic acid groups (broad SMARTS) is 1. The van der Waals surface area contributed by atoms with Crippen molar-refractivity contribution in [1.82, 2.24) is 15.1 Å². The van der Waals surface area contributed by atoms with Crippen molar-refractivity contribution >= 4 is 92.3 Å². The van der Waals surface area contributed by atoms with Crippen molar-refractivity contribution in [2.45, 2.75) is 173 Å². The molecule has 1 amide bonds. The highest BCUT2D eigenvalue weighted by atomic mass is 35.5. The number of nitrogens with one attached hydrogen (secondary N) is 1. The molecule has 2 aromatic carbocycles. The van der Waals surface area contributed by atoms with Crippen LogP contribution in [0.3, 0.4) is 0 Å². The number of halogens is 2. The van der Waals surface area contributed by atoms with Gasteiger partial charge in [-0.15, -0.1) is 60.5 Å². The molecule has 2 aliphatic heterocycles. The van der Waals surface area contributed by atoms with Gasteiger partial charge >= 0.3 is 11.9 Å². The lowest BCUT2D eigenvalue weighted by molar-refractivity contribution is -0.148. The number of β-amino-alcohol motifs (C(OH)–C–C–N with tert-alkyl or cyclic N) is 1. The number of hydrogen-bond acceptors (Lipinski definition) is 14. The van der Waals surface area contributed by atoms with E-state index >= 15 is 0 Å². The van der Waals surface area contributed by atoms with Gasteiger partial charge in [0.2, 0.25) is 5.91 Å². The number of carboxylic acids is 1. The summed E-state index contributed by atoms with van der Waals surface area (Å²) in [4.78, 5) is 38.0. The summed E-state index contributed by atoms with van der Waals surface area (Å²) in [5.41, 5.74) is 7.81. The van der Waals surface area contributed by atoms with Gasteiger partial charge in [0.15, 0.2) is 23.0 Å². The smallest absolute Gasteiger partial charge is 0.306 e. The summed E-state index contributed by atoms with van der Waals surface area (Å²) in [6, 6.07) is 12.9. The SMILES string of the molecule is CCCC(=O)NCCOc1ccc(CCOC2CCCCC2N2CC[C@@H](OC(=O)CCC)C2)cc1OC.CCCC(=O)O.COc1cc(CCOC2CCCCC2N2CC[C@@H](O)C2)ccc1OCCN.Cl.Cl.PP(P)P(P)P. The molecule has 2 saturated heterocycles. The minimum absolute atomic E-state index is 0. The largest absolute Gasteiger partial charge is 0.493 e. The fraction of sp³-hybridized carbons (Fsp3) is 0.722. The molecule has 10 atom stereocenters. The topological polar surface area (TPSA) is 201 Å². The number of carbonyl (C=O) groups is 3. The maximum absolute atomic E-state index is 11.9. The van der Waals surface area contributed by atoms with E-state index in [1.165, 1.54) is 37.7 Å². The minimum Gasteiger partial charge on any atom is -0.493 e. The second kappa shape index (κ2) is 44.5. The molecule has 4 fully saturated rings. The van der Waals surface area contributed by atoms with Gasteiger partial charge in [0, 0.05) is 64.1 Å². The molecule has 2 saturated carbocycles. The maximum atomic E-state index is 11.9. The fourth-order valence-electron chi connectivity index (χ4n) is 9.73. The van der Waals surface area contributed by atoms with E-state index in [1.807, 2.05) is 51.1 Å². The van der Waals surface area contributed by atoms with Crippen LogP contribution in [0.15, 0.2) is 36.4 Å². The molecule has 0 bridgehead atoms. The van der Waals surface area contributed by atoms with Crippen LogP contribution in [0.1, 0.15) is 135 Å². The predicted molar refractivity (Wildman–Crippen MR) is 338 cm³/mol. The fourth-order valence-corrected chi connectivity index (χ4v) is 9.73. The second-order valence-corrected chi connectivity index (χ2v) is 39.3. The van der Waals surface area contributed by atoms with Crippen molar-refractivity contribution in [2.75, 3.05) is 79.9 Å². The Morgan fingerprint density at radius 1 is 0.654 bits per heavy atom. The van der Waals surface area contributed by atoms with E-state index in [1.54, 1.807) is 14.2 Å². The molecule has 2 heterocycles. The molecule has 5 N–H and O–H groups in total. The Balaban J connectivity index is 0.000000647. The quantitative estimate of drug-likeness (QED) is 0.0374. The first kappa shape index (κ1) is 75.0. The van der Waals surface area contributed by atoms with Gasteiger partial charge in [-0.25, -0.2) is 0 Å². The van der Waals surface area contributed by atoms with E-state index in [0.717, 1.165) is 107 Å². The van der Waals surface area contributed by atoms with Crippen LogP contribution in [0.5, 0.6) is 23.0 Å². The summed E-state index contributed by atoms with van der Waals surface area (Å²) in [7, 11) is 14.4. The number of aliphatic hydroxyl groups excluding tert-OH is 1. The van der Waals surface area contributed by atoms with Crippen molar-refractivity contribution in [1.29, 1.82) is 0 Å². The molecule has 6 rings (SSSR count). The summed E-state index contributed by atoms with van der Waals surface area (Å²) in [5, 5.41) is 20.6. The van der Waals surface area contributed by atoms with Crippen molar-refractivity contribution in [2.24, 2.45) is 5.73 Å². The average molecular weight is 1250 g/mol. The third-order valence-electron chi connectivity index (χ3n) is 13.6. The molecule has 2 aliphatic carbocycles. The number of carbonyl (C=O) groups excluding carboxylic acids is 2. The number of nitrogens with two attached hydrogens (primary N) is 1. The van der Waals surface area contributed by atoms with Gasteiger partial charge < -0.3 is 54.4 Å². The number of aliphatic hydroxyl groups is 1. The van der Waals surface area contributed by atoms with Crippen LogP contribution in [0.4, 0.5) is 0 Å². The number of amides is 1. The van der Waals surface area contributed by atoms with E-state index in [2.05, 4.69) is 56.9 Å². The Bertz CT molecular complexity index is 1940. The number of rotatable bonds is 27. The zero-order valence-electron chi connectivity index (χ0n) is 47.2. The van der Waals surface area contributed by atoms with Gasteiger partial charge in [0.25, 0.3) is 0 Å². The molecular weight excluding hydrogens is 1150 g/mol. The monoisotopic (exact) mass is 1250 g/mol. The van der Waals surface area contributed by atoms with Gasteiger partial charge in [-0.05, 0) is 120 Å². The molecule has 8 unspecified atom stereocenters. The van der Waals surface area contributed by atoms with Crippen LogP contribution in [0.2, 0.25) is 0 Å². The predicted octanol–water partition coefficient (Wildman–Crippen LogP) is 11.0. The molecule has 0 spiro atoms. The summed E-state index contributed by atoms with van der Waals surface area (Å²) >= 11 is 0. The summed E-state index contributed by atoms with van der Waals surface area (Å²) in [5.74, 6) is 2.10. The number of esters is 1. The van der Waals surface area contributed by atoms with Crippen LogP contribution in [0, 0.1) is 0 Å². The minimum atomic E-state index is -0.711. The van der Waals surface area contributed by atoms with Crippen LogP contribution in [-0.4, -0.2) is 154 Å². The number of nitrogens with zero attached hydrogens (tertiary/aromatic N) is 2. The zero-order chi connectivity index (χ0) is 55.7. The van der Waals surface area contributed by atoms with Gasteiger partial charge in [-0.1, -0.05) is 58.6 Å². The van der Waals surface area contributed by atoms with Crippen molar-refractivity contribution in [3.63, 3.8) is 0 Å². The van der Waals surface area contributed by atoms with Crippen LogP contribution >= 0.6 is 74.5 Å². The Kier molecular flexibility index (Phi) is 42.8. The highest BCUT2D eigenvalue weighted by Crippen LogP contribution is 2.86. The second-order valence-electron chi connectivity index (χ2n) is 19.6. The van der Waals surface area contributed by atoms with Gasteiger partial charge in [0.05, 0.1) is 52.3 Å². The number of benzene rings is 2. The first-order valence-corrected chi connectivity index (χ1v) is 37.5. The standard InChI is InChI=1S/C29H46N2O6.C21H34N2O4.C4H8O2.2ClH.H8P6/c1-4-8-28(32)30-16-19-36-26-13-12-22(20-27(26)34-3)15-18-35-25-11-7-6-10-24(25)31-17-14-23(21-31)37-29(33)9-5-2;1-25-21-14-16(6-7-20(21)27-13-10-22)9-12-26-19-5-3-2-4-18(19)23-11-8-17(24)15-23;1-2-3-4(5)6;;;1-5(2)6(3)4/h12-13,20,23-25H,4-11,14-19,21H2,1-3H3,(H,30,32);6-7,14,17-19,24H,2-5,8-13,15,22H2,1H3;2-3H2,1H3,(H,5,6);2*1H;1-4H2/t23-,24?,25?;17-,18?,19?;;;;/m11..../s1. The lowest BCUT2D eigenvalue weighted by atomic mass is 9.91. The van der Waals surface area contributed by atoms with Crippen molar-refractivity contribution < 1.29 is 57.8 Å². The Morgan fingerprint density at radius 3 is 1.58 bits per heavy atom. The lowest BCUT2D eigenvalue weighted by Crippen LogP contribution is -2.46. The maximum Gasteiger partial charge on any atom is 0.306 e. The van der Waals surface area contributed by atoms with E-state index in [0.29, 0.717) is 82.4 Å². The van der Waals surface area contributed by atoms with Crippen LogP contribution in [0.25, 0.3) is 0 Å².